The number of carbonyl (C=O) groups excluding carboxylic acids is 2. The molecule has 6 heteroatoms. The SMILES string of the molecule is O=C(Nc1cccc(-c2cc3ccccc3[nH]2)c1)C1CCCN(C(=O)CO)C1. The minimum absolute atomic E-state index is 0.0933. The molecular weight excluding hydrogens is 354 g/mol. The summed E-state index contributed by atoms with van der Waals surface area (Å²) in [5, 5.41) is 13.2. The molecule has 1 fully saturated rings. The maximum absolute atomic E-state index is 12.7. The number of hydrogen-bond acceptors (Lipinski definition) is 3. The van der Waals surface area contributed by atoms with Crippen molar-refractivity contribution in [3.8, 4) is 11.3 Å². The van der Waals surface area contributed by atoms with Crippen molar-refractivity contribution in [1.29, 1.82) is 0 Å². The van der Waals surface area contributed by atoms with Crippen molar-refractivity contribution in [2.24, 2.45) is 5.92 Å². The number of aliphatic hydroxyl groups excluding tert-OH is 1. The summed E-state index contributed by atoms with van der Waals surface area (Å²) in [6.07, 6.45) is 1.50. The van der Waals surface area contributed by atoms with E-state index in [9.17, 15) is 9.59 Å². The van der Waals surface area contributed by atoms with Crippen molar-refractivity contribution in [3.63, 3.8) is 0 Å². The van der Waals surface area contributed by atoms with Crippen LogP contribution < -0.4 is 5.32 Å². The van der Waals surface area contributed by atoms with Crippen LogP contribution in [0.1, 0.15) is 12.8 Å². The third kappa shape index (κ3) is 3.77. The lowest BCUT2D eigenvalue weighted by Gasteiger charge is -2.31. The van der Waals surface area contributed by atoms with Crippen LogP contribution in [0, 0.1) is 5.92 Å². The van der Waals surface area contributed by atoms with Crippen molar-refractivity contribution in [2.75, 3.05) is 25.0 Å². The van der Waals surface area contributed by atoms with Crippen molar-refractivity contribution >= 4 is 28.4 Å². The van der Waals surface area contributed by atoms with E-state index in [1.54, 1.807) is 4.90 Å². The lowest BCUT2D eigenvalue weighted by Crippen LogP contribution is -2.44. The van der Waals surface area contributed by atoms with Gasteiger partial charge in [0.15, 0.2) is 0 Å². The zero-order chi connectivity index (χ0) is 19.5. The topological polar surface area (TPSA) is 85.4 Å². The molecule has 4 rings (SSSR count). The number of anilines is 1. The van der Waals surface area contributed by atoms with E-state index in [2.05, 4.69) is 22.4 Å². The van der Waals surface area contributed by atoms with Gasteiger partial charge in [0.05, 0.1) is 5.92 Å². The molecule has 3 N–H and O–H groups in total. The summed E-state index contributed by atoms with van der Waals surface area (Å²) in [5.74, 6) is -0.677. The van der Waals surface area contributed by atoms with Gasteiger partial charge in [0.25, 0.3) is 0 Å². The highest BCUT2D eigenvalue weighted by molar-refractivity contribution is 5.94. The average molecular weight is 377 g/mol. The lowest BCUT2D eigenvalue weighted by atomic mass is 9.97. The van der Waals surface area contributed by atoms with Gasteiger partial charge < -0.3 is 20.3 Å². The van der Waals surface area contributed by atoms with Gasteiger partial charge in [-0.2, -0.15) is 0 Å². The van der Waals surface area contributed by atoms with Crippen LogP contribution >= 0.6 is 0 Å². The fraction of sp³-hybridized carbons (Fsp3) is 0.273. The van der Waals surface area contributed by atoms with Gasteiger partial charge in [-0.05, 0) is 37.1 Å². The van der Waals surface area contributed by atoms with Crippen LogP contribution in [0.4, 0.5) is 5.69 Å². The van der Waals surface area contributed by atoms with Crippen LogP contribution in [0.5, 0.6) is 0 Å². The van der Waals surface area contributed by atoms with Gasteiger partial charge >= 0.3 is 0 Å². The standard InChI is InChI=1S/C22H23N3O3/c26-14-21(27)25-10-4-7-17(13-25)22(28)23-18-8-3-6-15(11-18)20-12-16-5-1-2-9-19(16)24-20/h1-3,5-6,8-9,11-12,17,24,26H,4,7,10,13-14H2,(H,23,28). The highest BCUT2D eigenvalue weighted by Gasteiger charge is 2.28. The number of amides is 2. The number of piperidine rings is 1. The normalized spacial score (nSPS) is 16.9. The molecule has 1 aromatic heterocycles. The van der Waals surface area contributed by atoms with E-state index in [1.807, 2.05) is 42.5 Å². The van der Waals surface area contributed by atoms with Crippen molar-refractivity contribution in [1.82, 2.24) is 9.88 Å². The third-order valence-corrected chi connectivity index (χ3v) is 5.25. The predicted octanol–water partition coefficient (Wildman–Crippen LogP) is 3.00. The minimum atomic E-state index is -0.513. The van der Waals surface area contributed by atoms with Crippen LogP contribution in [0.15, 0.2) is 54.6 Å². The van der Waals surface area contributed by atoms with E-state index in [0.29, 0.717) is 13.1 Å². The molecule has 0 radical (unpaired) electrons. The van der Waals surface area contributed by atoms with Gasteiger partial charge in [0.2, 0.25) is 11.8 Å². The number of fused-ring (bicyclic) bond motifs is 1. The molecule has 2 heterocycles. The molecule has 1 aliphatic rings. The zero-order valence-corrected chi connectivity index (χ0v) is 15.5. The maximum Gasteiger partial charge on any atom is 0.248 e. The van der Waals surface area contributed by atoms with E-state index in [4.69, 9.17) is 5.11 Å². The Hall–Kier alpha value is -3.12. The summed E-state index contributed by atoms with van der Waals surface area (Å²) in [6, 6.07) is 17.9. The molecule has 1 aliphatic heterocycles. The molecule has 2 aromatic carbocycles. The Kier molecular flexibility index (Phi) is 5.12. The first-order valence-corrected chi connectivity index (χ1v) is 9.52. The summed E-state index contributed by atoms with van der Waals surface area (Å²) in [4.78, 5) is 29.4. The number of aliphatic hydroxyl groups is 1. The van der Waals surface area contributed by atoms with E-state index in [0.717, 1.165) is 40.7 Å². The number of rotatable bonds is 4. The summed E-state index contributed by atoms with van der Waals surface area (Å²) in [5.41, 5.74) is 3.79. The number of H-pyrrole nitrogens is 1. The molecule has 0 saturated carbocycles. The minimum Gasteiger partial charge on any atom is -0.387 e. The molecule has 144 valence electrons. The molecular formula is C22H23N3O3. The first-order chi connectivity index (χ1) is 13.6. The fourth-order valence-corrected chi connectivity index (χ4v) is 3.76. The Morgan fingerprint density at radius 3 is 2.82 bits per heavy atom. The van der Waals surface area contributed by atoms with E-state index >= 15 is 0 Å². The first-order valence-electron chi connectivity index (χ1n) is 9.52. The van der Waals surface area contributed by atoms with Gasteiger partial charge in [-0.3, -0.25) is 9.59 Å². The van der Waals surface area contributed by atoms with E-state index < -0.39 is 6.61 Å². The van der Waals surface area contributed by atoms with Gasteiger partial charge in [-0.25, -0.2) is 0 Å². The smallest absolute Gasteiger partial charge is 0.248 e. The Morgan fingerprint density at radius 1 is 1.14 bits per heavy atom. The third-order valence-electron chi connectivity index (χ3n) is 5.25. The predicted molar refractivity (Wildman–Crippen MR) is 109 cm³/mol. The molecule has 6 nitrogen and oxygen atoms in total. The molecule has 28 heavy (non-hydrogen) atoms. The van der Waals surface area contributed by atoms with Crippen LogP contribution in [0.3, 0.4) is 0 Å². The van der Waals surface area contributed by atoms with Gasteiger partial charge in [0.1, 0.15) is 6.61 Å². The average Bonchev–Trinajstić information content (AvgIpc) is 3.18. The highest BCUT2D eigenvalue weighted by Crippen LogP contribution is 2.26. The summed E-state index contributed by atoms with van der Waals surface area (Å²) in [6.45, 7) is 0.437. The number of aromatic amines is 1. The van der Waals surface area contributed by atoms with Crippen LogP contribution in [-0.2, 0) is 9.59 Å². The van der Waals surface area contributed by atoms with Crippen molar-refractivity contribution < 1.29 is 14.7 Å². The monoisotopic (exact) mass is 377 g/mol. The second-order valence-corrected chi connectivity index (χ2v) is 7.18. The first kappa shape index (κ1) is 18.3. The lowest BCUT2D eigenvalue weighted by molar-refractivity contribution is -0.137. The second-order valence-electron chi connectivity index (χ2n) is 7.18. The Balaban J connectivity index is 1.48. The maximum atomic E-state index is 12.7. The summed E-state index contributed by atoms with van der Waals surface area (Å²) in [7, 11) is 0. The molecule has 0 bridgehead atoms. The van der Waals surface area contributed by atoms with Crippen LogP contribution in [-0.4, -0.2) is 46.5 Å². The van der Waals surface area contributed by atoms with E-state index in [-0.39, 0.29) is 17.7 Å². The fourth-order valence-electron chi connectivity index (χ4n) is 3.76. The highest BCUT2D eigenvalue weighted by atomic mass is 16.3. The number of nitrogens with zero attached hydrogens (tertiary/aromatic N) is 1. The van der Waals surface area contributed by atoms with Crippen LogP contribution in [0.2, 0.25) is 0 Å². The largest absolute Gasteiger partial charge is 0.387 e. The molecule has 0 aliphatic carbocycles. The molecule has 1 unspecified atom stereocenters. The van der Waals surface area contributed by atoms with E-state index in [1.165, 1.54) is 0 Å². The van der Waals surface area contributed by atoms with Gasteiger partial charge in [0, 0.05) is 40.9 Å². The Labute approximate surface area is 163 Å². The number of nitrogens with one attached hydrogen (secondary N) is 2. The molecule has 1 saturated heterocycles. The zero-order valence-electron chi connectivity index (χ0n) is 15.5. The molecule has 1 atom stereocenters. The molecule has 3 aromatic rings. The van der Waals surface area contributed by atoms with Crippen molar-refractivity contribution in [2.45, 2.75) is 12.8 Å². The van der Waals surface area contributed by atoms with Gasteiger partial charge in [-0.15, -0.1) is 0 Å². The Morgan fingerprint density at radius 2 is 2.00 bits per heavy atom. The number of benzene rings is 2. The number of hydrogen-bond donors (Lipinski definition) is 3. The molecule has 0 spiro atoms. The number of likely N-dealkylation sites (tertiary alicyclic amines) is 1. The van der Waals surface area contributed by atoms with Crippen molar-refractivity contribution in [3.05, 3.63) is 54.6 Å². The van der Waals surface area contributed by atoms with Gasteiger partial charge in [-0.1, -0.05) is 30.3 Å². The molecule has 2 amide bonds. The summed E-state index contributed by atoms with van der Waals surface area (Å²) < 4.78 is 0. The number of aromatic nitrogens is 1. The quantitative estimate of drug-likeness (QED) is 0.653. The van der Waals surface area contributed by atoms with Crippen LogP contribution in [0.25, 0.3) is 22.2 Å². The Bertz CT molecular complexity index is 978. The number of carbonyl (C=O) groups is 2. The summed E-state index contributed by atoms with van der Waals surface area (Å²) >= 11 is 0. The number of para-hydroxylation sites is 1. The second kappa shape index (κ2) is 7.86.